The van der Waals surface area contributed by atoms with E-state index in [0.717, 1.165) is 11.3 Å². The molecule has 0 aliphatic carbocycles. The average molecular weight is 280 g/mol. The Morgan fingerprint density at radius 2 is 1.78 bits per heavy atom. The Bertz CT molecular complexity index is 596. The fourth-order valence-electron chi connectivity index (χ4n) is 1.55. The quantitative estimate of drug-likeness (QED) is 0.858. The number of anilines is 1. The highest BCUT2D eigenvalue weighted by Gasteiger charge is 2.09. The van der Waals surface area contributed by atoms with Crippen LogP contribution in [0, 0.1) is 6.92 Å². The van der Waals surface area contributed by atoms with E-state index in [-0.39, 0.29) is 5.91 Å². The molecule has 0 aromatic heterocycles. The molecule has 2 aromatic carbocycles. The Hall–Kier alpha value is -1.51. The SMILES string of the molecule is Cc1ccccc1NC(=O)c1ccc(Cl)c(Cl)c1. The summed E-state index contributed by atoms with van der Waals surface area (Å²) in [6, 6.07) is 12.4. The third-order valence-electron chi connectivity index (χ3n) is 2.58. The van der Waals surface area contributed by atoms with Crippen molar-refractivity contribution in [3.05, 3.63) is 63.6 Å². The summed E-state index contributed by atoms with van der Waals surface area (Å²) in [5.74, 6) is -0.206. The van der Waals surface area contributed by atoms with Crippen LogP contribution < -0.4 is 5.32 Å². The van der Waals surface area contributed by atoms with Crippen LogP contribution in [0.4, 0.5) is 5.69 Å². The van der Waals surface area contributed by atoms with Gasteiger partial charge in [-0.3, -0.25) is 4.79 Å². The van der Waals surface area contributed by atoms with E-state index in [4.69, 9.17) is 23.2 Å². The first-order valence-corrected chi connectivity index (χ1v) is 6.15. The molecule has 92 valence electrons. The van der Waals surface area contributed by atoms with Crippen molar-refractivity contribution in [1.29, 1.82) is 0 Å². The van der Waals surface area contributed by atoms with Crippen molar-refractivity contribution in [2.45, 2.75) is 6.92 Å². The zero-order valence-electron chi connectivity index (χ0n) is 9.71. The fourth-order valence-corrected chi connectivity index (χ4v) is 1.84. The standard InChI is InChI=1S/C14H11Cl2NO/c1-9-4-2-3-5-13(9)17-14(18)10-6-7-11(15)12(16)8-10/h2-8H,1H3,(H,17,18). The van der Waals surface area contributed by atoms with E-state index in [9.17, 15) is 4.79 Å². The van der Waals surface area contributed by atoms with Gasteiger partial charge in [-0.2, -0.15) is 0 Å². The minimum absolute atomic E-state index is 0.206. The number of para-hydroxylation sites is 1. The summed E-state index contributed by atoms with van der Waals surface area (Å²) in [4.78, 5) is 12.0. The van der Waals surface area contributed by atoms with E-state index in [2.05, 4.69) is 5.32 Å². The van der Waals surface area contributed by atoms with E-state index in [1.54, 1.807) is 18.2 Å². The number of benzene rings is 2. The van der Waals surface area contributed by atoms with Crippen molar-refractivity contribution < 1.29 is 4.79 Å². The van der Waals surface area contributed by atoms with Gasteiger partial charge in [-0.25, -0.2) is 0 Å². The molecule has 0 bridgehead atoms. The Kier molecular flexibility index (Phi) is 3.90. The third kappa shape index (κ3) is 2.84. The number of hydrogen-bond donors (Lipinski definition) is 1. The Morgan fingerprint density at radius 3 is 2.44 bits per heavy atom. The summed E-state index contributed by atoms with van der Waals surface area (Å²) in [5, 5.41) is 3.64. The molecular formula is C14H11Cl2NO. The molecule has 0 atom stereocenters. The maximum absolute atomic E-state index is 12.0. The van der Waals surface area contributed by atoms with Crippen LogP contribution in [0.15, 0.2) is 42.5 Å². The van der Waals surface area contributed by atoms with Gasteiger partial charge in [-0.05, 0) is 36.8 Å². The molecule has 1 N–H and O–H groups in total. The summed E-state index contributed by atoms with van der Waals surface area (Å²) in [5.41, 5.74) is 2.27. The average Bonchev–Trinajstić information content (AvgIpc) is 2.35. The number of amides is 1. The van der Waals surface area contributed by atoms with E-state index in [1.165, 1.54) is 0 Å². The summed E-state index contributed by atoms with van der Waals surface area (Å²) in [6.45, 7) is 1.93. The second-order valence-corrected chi connectivity index (χ2v) is 4.71. The molecular weight excluding hydrogens is 269 g/mol. The first-order valence-electron chi connectivity index (χ1n) is 5.40. The Labute approximate surface area is 116 Å². The molecule has 0 saturated heterocycles. The van der Waals surface area contributed by atoms with Gasteiger partial charge in [0, 0.05) is 11.3 Å². The van der Waals surface area contributed by atoms with E-state index in [1.807, 2.05) is 31.2 Å². The smallest absolute Gasteiger partial charge is 0.255 e. The van der Waals surface area contributed by atoms with Crippen molar-refractivity contribution in [1.82, 2.24) is 0 Å². The molecule has 0 aliphatic rings. The van der Waals surface area contributed by atoms with Crippen molar-refractivity contribution in [2.75, 3.05) is 5.32 Å². The fraction of sp³-hybridized carbons (Fsp3) is 0.0714. The molecule has 0 aliphatic heterocycles. The molecule has 2 aromatic rings. The van der Waals surface area contributed by atoms with Crippen molar-refractivity contribution >= 4 is 34.8 Å². The van der Waals surface area contributed by atoms with E-state index < -0.39 is 0 Å². The van der Waals surface area contributed by atoms with Gasteiger partial charge in [0.2, 0.25) is 0 Å². The number of aryl methyl sites for hydroxylation is 1. The number of rotatable bonds is 2. The number of carbonyl (C=O) groups excluding carboxylic acids is 1. The highest BCUT2D eigenvalue weighted by Crippen LogP contribution is 2.23. The highest BCUT2D eigenvalue weighted by molar-refractivity contribution is 6.42. The van der Waals surface area contributed by atoms with Crippen LogP contribution in [0.1, 0.15) is 15.9 Å². The Balaban J connectivity index is 2.22. The van der Waals surface area contributed by atoms with Gasteiger partial charge in [0.1, 0.15) is 0 Å². The summed E-state index contributed by atoms with van der Waals surface area (Å²) >= 11 is 11.7. The molecule has 2 rings (SSSR count). The monoisotopic (exact) mass is 279 g/mol. The van der Waals surface area contributed by atoms with Gasteiger partial charge >= 0.3 is 0 Å². The Morgan fingerprint density at radius 1 is 1.06 bits per heavy atom. The van der Waals surface area contributed by atoms with Crippen LogP contribution in [0.25, 0.3) is 0 Å². The van der Waals surface area contributed by atoms with Gasteiger partial charge in [0.05, 0.1) is 10.0 Å². The maximum atomic E-state index is 12.0. The first kappa shape index (κ1) is 12.9. The molecule has 0 spiro atoms. The maximum Gasteiger partial charge on any atom is 0.255 e. The number of halogens is 2. The highest BCUT2D eigenvalue weighted by atomic mass is 35.5. The normalized spacial score (nSPS) is 10.2. The molecule has 0 radical (unpaired) electrons. The van der Waals surface area contributed by atoms with E-state index in [0.29, 0.717) is 15.6 Å². The molecule has 0 fully saturated rings. The van der Waals surface area contributed by atoms with Crippen LogP contribution in [0.5, 0.6) is 0 Å². The van der Waals surface area contributed by atoms with Crippen LogP contribution in [-0.4, -0.2) is 5.91 Å². The minimum Gasteiger partial charge on any atom is -0.322 e. The van der Waals surface area contributed by atoms with Gasteiger partial charge in [-0.1, -0.05) is 41.4 Å². The predicted molar refractivity (Wildman–Crippen MR) is 75.6 cm³/mol. The van der Waals surface area contributed by atoms with Crippen molar-refractivity contribution in [3.63, 3.8) is 0 Å². The zero-order valence-corrected chi connectivity index (χ0v) is 11.2. The zero-order chi connectivity index (χ0) is 13.1. The molecule has 1 amide bonds. The second kappa shape index (κ2) is 5.42. The van der Waals surface area contributed by atoms with Crippen molar-refractivity contribution in [2.24, 2.45) is 0 Å². The largest absolute Gasteiger partial charge is 0.322 e. The molecule has 0 heterocycles. The van der Waals surface area contributed by atoms with Gasteiger partial charge in [0.25, 0.3) is 5.91 Å². The van der Waals surface area contributed by atoms with Crippen LogP contribution in [0.2, 0.25) is 10.0 Å². The lowest BCUT2D eigenvalue weighted by Crippen LogP contribution is -2.12. The number of nitrogens with one attached hydrogen (secondary N) is 1. The topological polar surface area (TPSA) is 29.1 Å². The molecule has 4 heteroatoms. The van der Waals surface area contributed by atoms with Crippen LogP contribution in [0.3, 0.4) is 0 Å². The summed E-state index contributed by atoms with van der Waals surface area (Å²) < 4.78 is 0. The van der Waals surface area contributed by atoms with Crippen LogP contribution in [-0.2, 0) is 0 Å². The summed E-state index contributed by atoms with van der Waals surface area (Å²) in [7, 11) is 0. The number of carbonyl (C=O) groups is 1. The van der Waals surface area contributed by atoms with E-state index >= 15 is 0 Å². The summed E-state index contributed by atoms with van der Waals surface area (Å²) in [6.07, 6.45) is 0. The third-order valence-corrected chi connectivity index (χ3v) is 3.31. The molecule has 0 saturated carbocycles. The molecule has 0 unspecified atom stereocenters. The lowest BCUT2D eigenvalue weighted by atomic mass is 10.1. The molecule has 2 nitrogen and oxygen atoms in total. The predicted octanol–water partition coefficient (Wildman–Crippen LogP) is 4.55. The minimum atomic E-state index is -0.206. The van der Waals surface area contributed by atoms with Gasteiger partial charge in [-0.15, -0.1) is 0 Å². The number of hydrogen-bond acceptors (Lipinski definition) is 1. The lowest BCUT2D eigenvalue weighted by molar-refractivity contribution is 0.102. The van der Waals surface area contributed by atoms with Gasteiger partial charge < -0.3 is 5.32 Å². The first-order chi connectivity index (χ1) is 8.58. The van der Waals surface area contributed by atoms with Crippen LogP contribution >= 0.6 is 23.2 Å². The molecule has 18 heavy (non-hydrogen) atoms. The lowest BCUT2D eigenvalue weighted by Gasteiger charge is -2.08. The second-order valence-electron chi connectivity index (χ2n) is 3.90. The van der Waals surface area contributed by atoms with Gasteiger partial charge in [0.15, 0.2) is 0 Å². The van der Waals surface area contributed by atoms with Crippen molar-refractivity contribution in [3.8, 4) is 0 Å².